The van der Waals surface area contributed by atoms with Gasteiger partial charge in [-0.3, -0.25) is 0 Å². The number of piperazine rings is 1. The van der Waals surface area contributed by atoms with Gasteiger partial charge in [0.05, 0.1) is 11.6 Å². The van der Waals surface area contributed by atoms with Gasteiger partial charge in [-0.1, -0.05) is 12.1 Å². The van der Waals surface area contributed by atoms with Crippen molar-refractivity contribution in [3.8, 4) is 6.07 Å². The molecule has 1 aliphatic heterocycles. The van der Waals surface area contributed by atoms with Crippen molar-refractivity contribution in [3.05, 3.63) is 35.4 Å². The summed E-state index contributed by atoms with van der Waals surface area (Å²) in [6.45, 7) is 5.47. The lowest BCUT2D eigenvalue weighted by Gasteiger charge is -2.32. The van der Waals surface area contributed by atoms with Crippen LogP contribution >= 0.6 is 0 Å². The minimum absolute atomic E-state index is 0.678. The molecule has 0 amide bonds. The van der Waals surface area contributed by atoms with Crippen LogP contribution in [0.5, 0.6) is 0 Å². The Labute approximate surface area is 121 Å². The fraction of sp³-hybridized carbons (Fsp3) is 0.500. The molecule has 1 heterocycles. The van der Waals surface area contributed by atoms with Crippen LogP contribution < -0.4 is 0 Å². The number of likely N-dealkylation sites (N-methyl/N-ethyl adjacent to an activating group) is 1. The largest absolute Gasteiger partial charge is 0.309 e. The third-order valence-electron chi connectivity index (χ3n) is 3.83. The molecular formula is C16H22N4. The minimum atomic E-state index is 0.678. The Morgan fingerprint density at radius 1 is 1.20 bits per heavy atom. The van der Waals surface area contributed by atoms with E-state index in [1.807, 2.05) is 24.3 Å². The molecule has 1 saturated heterocycles. The van der Waals surface area contributed by atoms with E-state index in [1.54, 1.807) is 0 Å². The Kier molecular flexibility index (Phi) is 5.28. The lowest BCUT2D eigenvalue weighted by atomic mass is 10.0. The van der Waals surface area contributed by atoms with E-state index in [0.29, 0.717) is 12.0 Å². The normalized spacial score (nSPS) is 16.8. The van der Waals surface area contributed by atoms with Crippen molar-refractivity contribution in [2.24, 2.45) is 0 Å². The summed E-state index contributed by atoms with van der Waals surface area (Å²) in [5.74, 6) is 0. The van der Waals surface area contributed by atoms with Crippen LogP contribution in [0, 0.1) is 16.7 Å². The molecule has 0 atom stereocenters. The average molecular weight is 270 g/mol. The summed E-state index contributed by atoms with van der Waals surface area (Å²) in [5, 5.41) is 16.8. The number of nitrogens with one attached hydrogen (secondary N) is 1. The smallest absolute Gasteiger partial charge is 0.0991 e. The van der Waals surface area contributed by atoms with E-state index in [1.165, 1.54) is 0 Å². The number of rotatable bonds is 5. The highest BCUT2D eigenvalue weighted by atomic mass is 15.2. The molecule has 0 spiro atoms. The van der Waals surface area contributed by atoms with Gasteiger partial charge in [0.2, 0.25) is 0 Å². The monoisotopic (exact) mass is 270 g/mol. The van der Waals surface area contributed by atoms with Crippen LogP contribution in [0.3, 0.4) is 0 Å². The molecule has 4 nitrogen and oxygen atoms in total. The van der Waals surface area contributed by atoms with Gasteiger partial charge in [-0.2, -0.15) is 5.26 Å². The maximum Gasteiger partial charge on any atom is 0.0991 e. The second kappa shape index (κ2) is 7.18. The molecule has 0 radical (unpaired) electrons. The Bertz CT molecular complexity index is 478. The van der Waals surface area contributed by atoms with E-state index in [9.17, 15) is 0 Å². The molecule has 1 aromatic carbocycles. The van der Waals surface area contributed by atoms with Crippen molar-refractivity contribution in [3.63, 3.8) is 0 Å². The second-order valence-corrected chi connectivity index (χ2v) is 5.48. The maximum atomic E-state index is 8.76. The van der Waals surface area contributed by atoms with Crippen molar-refractivity contribution in [2.45, 2.75) is 12.8 Å². The number of hydrogen-bond acceptors (Lipinski definition) is 4. The zero-order valence-corrected chi connectivity index (χ0v) is 12.1. The average Bonchev–Trinajstić information content (AvgIpc) is 2.47. The summed E-state index contributed by atoms with van der Waals surface area (Å²) < 4.78 is 0. The van der Waals surface area contributed by atoms with Gasteiger partial charge >= 0.3 is 0 Å². The molecule has 0 aromatic heterocycles. The molecular weight excluding hydrogens is 248 g/mol. The number of hydrogen-bond donors (Lipinski definition) is 1. The van der Waals surface area contributed by atoms with Gasteiger partial charge in [0.1, 0.15) is 0 Å². The van der Waals surface area contributed by atoms with Gasteiger partial charge < -0.3 is 15.2 Å². The Balaban J connectivity index is 1.73. The quantitative estimate of drug-likeness (QED) is 0.829. The Morgan fingerprint density at radius 3 is 2.45 bits per heavy atom. The molecule has 0 saturated carbocycles. The van der Waals surface area contributed by atoms with Gasteiger partial charge in [0.15, 0.2) is 0 Å². The highest BCUT2D eigenvalue weighted by Gasteiger charge is 2.13. The maximum absolute atomic E-state index is 8.76. The van der Waals surface area contributed by atoms with Crippen molar-refractivity contribution >= 4 is 5.71 Å². The highest BCUT2D eigenvalue weighted by Crippen LogP contribution is 2.07. The van der Waals surface area contributed by atoms with E-state index < -0.39 is 0 Å². The molecule has 0 aliphatic carbocycles. The first kappa shape index (κ1) is 14.7. The van der Waals surface area contributed by atoms with Gasteiger partial charge in [-0.05, 0) is 31.2 Å². The van der Waals surface area contributed by atoms with Crippen LogP contribution in [0.25, 0.3) is 0 Å². The predicted octanol–water partition coefficient (Wildman–Crippen LogP) is 1.76. The molecule has 20 heavy (non-hydrogen) atoms. The number of nitriles is 1. The zero-order valence-electron chi connectivity index (χ0n) is 12.1. The molecule has 1 fully saturated rings. The molecule has 4 heteroatoms. The van der Waals surface area contributed by atoms with Gasteiger partial charge in [-0.15, -0.1) is 0 Å². The highest BCUT2D eigenvalue weighted by molar-refractivity contribution is 5.83. The van der Waals surface area contributed by atoms with Gasteiger partial charge in [0.25, 0.3) is 0 Å². The van der Waals surface area contributed by atoms with Crippen molar-refractivity contribution < 1.29 is 0 Å². The summed E-state index contributed by atoms with van der Waals surface area (Å²) in [4.78, 5) is 4.78. The summed E-state index contributed by atoms with van der Waals surface area (Å²) in [7, 11) is 2.16. The van der Waals surface area contributed by atoms with Crippen molar-refractivity contribution in [1.29, 1.82) is 10.7 Å². The fourth-order valence-corrected chi connectivity index (χ4v) is 2.40. The van der Waals surface area contributed by atoms with Crippen LogP contribution in [-0.2, 0) is 6.42 Å². The lowest BCUT2D eigenvalue weighted by Crippen LogP contribution is -2.45. The molecule has 0 unspecified atom stereocenters. The van der Waals surface area contributed by atoms with E-state index in [2.05, 4.69) is 22.9 Å². The summed E-state index contributed by atoms with van der Waals surface area (Å²) in [6, 6.07) is 9.65. The van der Waals surface area contributed by atoms with Gasteiger partial charge in [0, 0.05) is 44.9 Å². The van der Waals surface area contributed by atoms with Crippen molar-refractivity contribution in [2.75, 3.05) is 39.8 Å². The molecule has 1 aliphatic rings. The number of nitrogens with zero attached hydrogens (tertiary/aromatic N) is 3. The molecule has 1 aromatic rings. The molecule has 1 N–H and O–H groups in total. The van der Waals surface area contributed by atoms with E-state index >= 15 is 0 Å². The first-order valence-corrected chi connectivity index (χ1v) is 7.13. The lowest BCUT2D eigenvalue weighted by molar-refractivity contribution is 0.157. The summed E-state index contributed by atoms with van der Waals surface area (Å²) in [6.07, 6.45) is 1.53. The minimum Gasteiger partial charge on any atom is -0.309 e. The summed E-state index contributed by atoms with van der Waals surface area (Å²) in [5.41, 5.74) is 2.57. The fourth-order valence-electron chi connectivity index (χ4n) is 2.40. The predicted molar refractivity (Wildman–Crippen MR) is 81.1 cm³/mol. The van der Waals surface area contributed by atoms with Crippen molar-refractivity contribution in [1.82, 2.24) is 9.80 Å². The first-order chi connectivity index (χ1) is 9.67. The topological polar surface area (TPSA) is 54.1 Å². The Morgan fingerprint density at radius 2 is 1.85 bits per heavy atom. The zero-order chi connectivity index (χ0) is 14.4. The number of benzene rings is 1. The van der Waals surface area contributed by atoms with E-state index in [0.717, 1.165) is 50.4 Å². The Hall–Kier alpha value is -1.70. The summed E-state index contributed by atoms with van der Waals surface area (Å²) >= 11 is 0. The molecule has 106 valence electrons. The SMILES string of the molecule is CN1CCN(CCC(=N)Cc2ccc(C#N)cc2)CC1. The standard InChI is InChI=1S/C16H22N4/c1-19-8-10-20(11-9-19)7-6-16(18)12-14-2-4-15(13-17)5-3-14/h2-5,18H,6-12H2,1H3. The molecule has 2 rings (SSSR count). The second-order valence-electron chi connectivity index (χ2n) is 5.48. The third kappa shape index (κ3) is 4.44. The molecule has 0 bridgehead atoms. The first-order valence-electron chi connectivity index (χ1n) is 7.13. The van der Waals surface area contributed by atoms with Crippen LogP contribution in [0.4, 0.5) is 0 Å². The van der Waals surface area contributed by atoms with E-state index in [4.69, 9.17) is 10.7 Å². The van der Waals surface area contributed by atoms with E-state index in [-0.39, 0.29) is 0 Å². The van der Waals surface area contributed by atoms with Crippen LogP contribution in [0.2, 0.25) is 0 Å². The van der Waals surface area contributed by atoms with Crippen LogP contribution in [0.15, 0.2) is 24.3 Å². The third-order valence-corrected chi connectivity index (χ3v) is 3.83. The van der Waals surface area contributed by atoms with Crippen LogP contribution in [-0.4, -0.2) is 55.3 Å². The van der Waals surface area contributed by atoms with Crippen LogP contribution in [0.1, 0.15) is 17.5 Å². The van der Waals surface area contributed by atoms with Gasteiger partial charge in [-0.25, -0.2) is 0 Å².